The molecule has 0 radical (unpaired) electrons. The predicted molar refractivity (Wildman–Crippen MR) is 90.6 cm³/mol. The van der Waals surface area contributed by atoms with Crippen LogP contribution in [0.2, 0.25) is 0 Å². The molecule has 0 spiro atoms. The van der Waals surface area contributed by atoms with Gasteiger partial charge >= 0.3 is 0 Å². The number of carbonyl (C=O) groups excluding carboxylic acids is 2. The molecule has 0 saturated heterocycles. The van der Waals surface area contributed by atoms with Gasteiger partial charge in [0.25, 0.3) is 5.91 Å². The minimum atomic E-state index is -0.318. The first-order valence-corrected chi connectivity index (χ1v) is 8.46. The second kappa shape index (κ2) is 7.12. The normalized spacial score (nSPS) is 10.3. The highest BCUT2D eigenvalue weighted by Crippen LogP contribution is 2.23. The van der Waals surface area contributed by atoms with Crippen molar-refractivity contribution in [2.75, 3.05) is 11.9 Å². The summed E-state index contributed by atoms with van der Waals surface area (Å²) in [5.41, 5.74) is 1.64. The minimum absolute atomic E-state index is 0.0987. The number of hydrogen-bond acceptors (Lipinski definition) is 6. The minimum Gasteiger partial charge on any atom is -0.342 e. The Hall–Kier alpha value is -2.58. The molecule has 6 nitrogen and oxygen atoms in total. The van der Waals surface area contributed by atoms with E-state index >= 15 is 0 Å². The molecule has 3 aromatic rings. The molecule has 0 saturated carbocycles. The van der Waals surface area contributed by atoms with Crippen molar-refractivity contribution in [2.24, 2.45) is 0 Å². The molecule has 0 unspecified atom stereocenters. The Morgan fingerprint density at radius 3 is 2.83 bits per heavy atom. The molecule has 3 heterocycles. The fourth-order valence-electron chi connectivity index (χ4n) is 1.80. The molecule has 0 aromatic carbocycles. The van der Waals surface area contributed by atoms with Crippen LogP contribution in [0.4, 0.5) is 5.13 Å². The number of anilines is 1. The first-order chi connectivity index (χ1) is 11.2. The van der Waals surface area contributed by atoms with Crippen molar-refractivity contribution in [3.8, 4) is 11.3 Å². The zero-order valence-electron chi connectivity index (χ0n) is 11.9. The van der Waals surface area contributed by atoms with Crippen molar-refractivity contribution in [1.29, 1.82) is 0 Å². The maximum Gasteiger partial charge on any atom is 0.261 e. The number of nitrogens with zero attached hydrogens (tertiary/aromatic N) is 2. The summed E-state index contributed by atoms with van der Waals surface area (Å²) < 4.78 is 0. The van der Waals surface area contributed by atoms with Crippen molar-refractivity contribution in [3.05, 3.63) is 52.3 Å². The van der Waals surface area contributed by atoms with Gasteiger partial charge in [-0.05, 0) is 23.6 Å². The second-order valence-electron chi connectivity index (χ2n) is 4.49. The molecule has 116 valence electrons. The van der Waals surface area contributed by atoms with Crippen LogP contribution in [0.1, 0.15) is 9.67 Å². The Morgan fingerprint density at radius 2 is 2.09 bits per heavy atom. The molecule has 0 atom stereocenters. The van der Waals surface area contributed by atoms with Crippen LogP contribution >= 0.6 is 22.7 Å². The van der Waals surface area contributed by atoms with Crippen molar-refractivity contribution in [1.82, 2.24) is 15.3 Å². The summed E-state index contributed by atoms with van der Waals surface area (Å²) >= 11 is 2.65. The third kappa shape index (κ3) is 3.99. The largest absolute Gasteiger partial charge is 0.342 e. The average molecular weight is 344 g/mol. The van der Waals surface area contributed by atoms with Crippen molar-refractivity contribution in [2.45, 2.75) is 0 Å². The third-order valence-corrected chi connectivity index (χ3v) is 4.49. The van der Waals surface area contributed by atoms with Crippen molar-refractivity contribution in [3.63, 3.8) is 0 Å². The maximum absolute atomic E-state index is 11.9. The van der Waals surface area contributed by atoms with Crippen LogP contribution in [-0.4, -0.2) is 28.3 Å². The standard InChI is InChI=1S/C15H12N4O2S2/c20-13(8-17-14(21)12-4-2-6-22-12)19-15-18-11(9-23-15)10-3-1-5-16-7-10/h1-7,9H,8H2,(H,17,21)(H,18,19,20). The molecule has 0 fully saturated rings. The van der Waals surface area contributed by atoms with Crippen LogP contribution in [0.3, 0.4) is 0 Å². The van der Waals surface area contributed by atoms with Gasteiger partial charge in [-0.15, -0.1) is 22.7 Å². The van der Waals surface area contributed by atoms with Crippen LogP contribution in [0, 0.1) is 0 Å². The molecule has 2 N–H and O–H groups in total. The Morgan fingerprint density at radius 1 is 1.17 bits per heavy atom. The van der Waals surface area contributed by atoms with E-state index in [9.17, 15) is 9.59 Å². The lowest BCUT2D eigenvalue weighted by atomic mass is 10.2. The third-order valence-electron chi connectivity index (χ3n) is 2.86. The number of aromatic nitrogens is 2. The highest BCUT2D eigenvalue weighted by Gasteiger charge is 2.11. The van der Waals surface area contributed by atoms with E-state index in [4.69, 9.17) is 0 Å². The Bertz CT molecular complexity index is 800. The number of thiazole rings is 1. The summed E-state index contributed by atoms with van der Waals surface area (Å²) in [6.07, 6.45) is 3.40. The quantitative estimate of drug-likeness (QED) is 0.745. The van der Waals surface area contributed by atoms with E-state index in [1.165, 1.54) is 22.7 Å². The van der Waals surface area contributed by atoms with Gasteiger partial charge in [-0.25, -0.2) is 4.98 Å². The number of rotatable bonds is 5. The summed E-state index contributed by atoms with van der Waals surface area (Å²) in [4.78, 5) is 32.6. The van der Waals surface area contributed by atoms with Crippen molar-refractivity contribution >= 4 is 39.6 Å². The Balaban J connectivity index is 1.54. The van der Waals surface area contributed by atoms with E-state index < -0.39 is 0 Å². The van der Waals surface area contributed by atoms with Gasteiger partial charge in [0.1, 0.15) is 0 Å². The van der Waals surface area contributed by atoms with Crippen LogP contribution < -0.4 is 10.6 Å². The summed E-state index contributed by atoms with van der Waals surface area (Å²) in [5, 5.41) is 9.38. The van der Waals surface area contributed by atoms with E-state index in [1.54, 1.807) is 24.5 Å². The number of amides is 2. The van der Waals surface area contributed by atoms with Gasteiger partial charge in [-0.1, -0.05) is 6.07 Å². The van der Waals surface area contributed by atoms with E-state index in [1.807, 2.05) is 22.9 Å². The number of thiophene rings is 1. The lowest BCUT2D eigenvalue weighted by molar-refractivity contribution is -0.115. The van der Waals surface area contributed by atoms with E-state index in [0.717, 1.165) is 11.3 Å². The summed E-state index contributed by atoms with van der Waals surface area (Å²) in [6.45, 7) is -0.0987. The van der Waals surface area contributed by atoms with Gasteiger partial charge in [-0.2, -0.15) is 0 Å². The molecule has 3 rings (SSSR count). The van der Waals surface area contributed by atoms with Gasteiger partial charge in [0.05, 0.1) is 17.1 Å². The van der Waals surface area contributed by atoms with Gasteiger partial charge in [0.15, 0.2) is 5.13 Å². The van der Waals surface area contributed by atoms with E-state index in [0.29, 0.717) is 10.0 Å². The van der Waals surface area contributed by atoms with Crippen LogP contribution in [0.5, 0.6) is 0 Å². The molecule has 23 heavy (non-hydrogen) atoms. The number of hydrogen-bond donors (Lipinski definition) is 2. The van der Waals surface area contributed by atoms with Crippen LogP contribution in [0.25, 0.3) is 11.3 Å². The molecule has 3 aromatic heterocycles. The Kier molecular flexibility index (Phi) is 4.74. The van der Waals surface area contributed by atoms with E-state index in [2.05, 4.69) is 20.6 Å². The zero-order chi connectivity index (χ0) is 16.1. The highest BCUT2D eigenvalue weighted by atomic mass is 32.1. The predicted octanol–water partition coefficient (Wildman–Crippen LogP) is 2.64. The summed E-state index contributed by atoms with van der Waals surface area (Å²) in [6, 6.07) is 7.22. The summed E-state index contributed by atoms with van der Waals surface area (Å²) in [7, 11) is 0. The molecule has 0 aliphatic carbocycles. The van der Waals surface area contributed by atoms with Gasteiger partial charge in [0, 0.05) is 23.3 Å². The molecule has 0 aliphatic rings. The molecule has 0 bridgehead atoms. The van der Waals surface area contributed by atoms with Gasteiger partial charge < -0.3 is 10.6 Å². The SMILES string of the molecule is O=C(CNC(=O)c1cccs1)Nc1nc(-c2cccnc2)cs1. The van der Waals surface area contributed by atoms with E-state index in [-0.39, 0.29) is 18.4 Å². The molecule has 0 aliphatic heterocycles. The summed E-state index contributed by atoms with van der Waals surface area (Å²) in [5.74, 6) is -0.577. The first kappa shape index (κ1) is 15.3. The average Bonchev–Trinajstić information content (AvgIpc) is 3.25. The molecular formula is C15H12N4O2S2. The number of nitrogens with one attached hydrogen (secondary N) is 2. The van der Waals surface area contributed by atoms with Crippen molar-refractivity contribution < 1.29 is 9.59 Å². The zero-order valence-corrected chi connectivity index (χ0v) is 13.5. The molecular weight excluding hydrogens is 332 g/mol. The maximum atomic E-state index is 11.9. The fourth-order valence-corrected chi connectivity index (χ4v) is 3.17. The van der Waals surface area contributed by atoms with Crippen LogP contribution in [-0.2, 0) is 4.79 Å². The molecule has 2 amide bonds. The lowest BCUT2D eigenvalue weighted by Gasteiger charge is -2.03. The monoisotopic (exact) mass is 344 g/mol. The number of pyridine rings is 1. The number of carbonyl (C=O) groups is 2. The highest BCUT2D eigenvalue weighted by molar-refractivity contribution is 7.14. The topological polar surface area (TPSA) is 84.0 Å². The fraction of sp³-hybridized carbons (Fsp3) is 0.0667. The second-order valence-corrected chi connectivity index (χ2v) is 6.29. The Labute approximate surface area is 140 Å². The van der Waals surface area contributed by atoms with Gasteiger partial charge in [-0.3, -0.25) is 14.6 Å². The lowest BCUT2D eigenvalue weighted by Crippen LogP contribution is -2.32. The molecule has 8 heteroatoms. The van der Waals surface area contributed by atoms with Gasteiger partial charge in [0.2, 0.25) is 5.91 Å². The van der Waals surface area contributed by atoms with Crippen LogP contribution in [0.15, 0.2) is 47.4 Å². The first-order valence-electron chi connectivity index (χ1n) is 6.70. The smallest absolute Gasteiger partial charge is 0.261 e.